The van der Waals surface area contributed by atoms with Crippen LogP contribution >= 0.6 is 0 Å². The Morgan fingerprint density at radius 2 is 2.35 bits per heavy atom. The van der Waals surface area contributed by atoms with Crippen LogP contribution in [0.5, 0.6) is 0 Å². The van der Waals surface area contributed by atoms with Gasteiger partial charge in [0, 0.05) is 18.3 Å². The number of aromatic nitrogens is 2. The molecule has 0 bridgehead atoms. The number of amides is 1. The van der Waals surface area contributed by atoms with Crippen LogP contribution in [0.15, 0.2) is 12.4 Å². The van der Waals surface area contributed by atoms with Crippen LogP contribution in [-0.4, -0.2) is 33.3 Å². The highest BCUT2D eigenvalue weighted by Crippen LogP contribution is 2.32. The summed E-state index contributed by atoms with van der Waals surface area (Å²) in [5.41, 5.74) is 0.606. The molecule has 17 heavy (non-hydrogen) atoms. The van der Waals surface area contributed by atoms with Gasteiger partial charge in [-0.15, -0.1) is 0 Å². The molecule has 1 aliphatic heterocycles. The molecule has 0 radical (unpaired) electrons. The van der Waals surface area contributed by atoms with Crippen molar-refractivity contribution >= 4 is 6.09 Å². The number of rotatable bonds is 1. The van der Waals surface area contributed by atoms with Gasteiger partial charge in [0.05, 0.1) is 12.2 Å². The third kappa shape index (κ3) is 2.78. The van der Waals surface area contributed by atoms with Crippen molar-refractivity contribution in [3.8, 4) is 0 Å². The zero-order valence-corrected chi connectivity index (χ0v) is 10.6. The van der Waals surface area contributed by atoms with Gasteiger partial charge >= 0.3 is 6.09 Å². The van der Waals surface area contributed by atoms with Gasteiger partial charge in [0.1, 0.15) is 5.60 Å². The molecule has 2 heterocycles. The van der Waals surface area contributed by atoms with E-state index in [1.54, 1.807) is 11.1 Å². The largest absolute Gasteiger partial charge is 0.444 e. The van der Waals surface area contributed by atoms with Crippen LogP contribution < -0.4 is 0 Å². The molecule has 1 fully saturated rings. The minimum atomic E-state index is -0.444. The van der Waals surface area contributed by atoms with Crippen molar-refractivity contribution in [3.05, 3.63) is 18.0 Å². The van der Waals surface area contributed by atoms with E-state index in [1.807, 2.05) is 27.0 Å². The summed E-state index contributed by atoms with van der Waals surface area (Å²) in [7, 11) is 0. The predicted molar refractivity (Wildman–Crippen MR) is 63.5 cm³/mol. The first-order valence-electron chi connectivity index (χ1n) is 5.96. The van der Waals surface area contributed by atoms with Crippen LogP contribution in [0, 0.1) is 0 Å². The zero-order valence-electron chi connectivity index (χ0n) is 10.6. The number of ether oxygens (including phenoxy) is 1. The van der Waals surface area contributed by atoms with Crippen molar-refractivity contribution in [2.45, 2.75) is 45.3 Å². The number of hydrogen-bond acceptors (Lipinski definition) is 3. The zero-order chi connectivity index (χ0) is 12.5. The van der Waals surface area contributed by atoms with E-state index in [9.17, 15) is 4.79 Å². The predicted octanol–water partition coefficient (Wildman–Crippen LogP) is 2.48. The van der Waals surface area contributed by atoms with Crippen LogP contribution in [0.3, 0.4) is 0 Å². The van der Waals surface area contributed by atoms with Crippen molar-refractivity contribution in [1.82, 2.24) is 15.1 Å². The second-order valence-electron chi connectivity index (χ2n) is 5.36. The number of likely N-dealkylation sites (tertiary alicyclic amines) is 1. The van der Waals surface area contributed by atoms with E-state index in [4.69, 9.17) is 4.74 Å². The molecule has 0 aromatic carbocycles. The molecule has 5 nitrogen and oxygen atoms in total. The minimum Gasteiger partial charge on any atom is -0.444 e. The molecule has 0 aliphatic carbocycles. The summed E-state index contributed by atoms with van der Waals surface area (Å²) in [6.45, 7) is 6.40. The number of carbonyl (C=O) groups excluding carboxylic acids is 1. The van der Waals surface area contributed by atoms with Crippen LogP contribution in [0.1, 0.15) is 45.2 Å². The number of aromatic amines is 1. The Morgan fingerprint density at radius 1 is 1.59 bits per heavy atom. The summed E-state index contributed by atoms with van der Waals surface area (Å²) in [5, 5.41) is 6.72. The van der Waals surface area contributed by atoms with Gasteiger partial charge in [0.25, 0.3) is 0 Å². The SMILES string of the molecule is CC(C)(C)OC(=O)N1CCCC1c1cn[nH]c1. The van der Waals surface area contributed by atoms with Crippen molar-refractivity contribution in [2.75, 3.05) is 6.54 Å². The number of nitrogens with one attached hydrogen (secondary N) is 1. The molecule has 0 spiro atoms. The lowest BCUT2D eigenvalue weighted by atomic mass is 10.1. The van der Waals surface area contributed by atoms with E-state index in [-0.39, 0.29) is 12.1 Å². The smallest absolute Gasteiger partial charge is 0.410 e. The molecule has 0 saturated carbocycles. The van der Waals surface area contributed by atoms with Gasteiger partial charge in [-0.05, 0) is 33.6 Å². The number of hydrogen-bond donors (Lipinski definition) is 1. The normalized spacial score (nSPS) is 20.6. The molecule has 1 saturated heterocycles. The maximum atomic E-state index is 12.0. The number of carbonyl (C=O) groups is 1. The lowest BCUT2D eigenvalue weighted by Gasteiger charge is -2.28. The van der Waals surface area contributed by atoms with E-state index in [2.05, 4.69) is 10.2 Å². The summed E-state index contributed by atoms with van der Waals surface area (Å²) in [6.07, 6.45) is 5.36. The van der Waals surface area contributed by atoms with Gasteiger partial charge < -0.3 is 9.64 Å². The van der Waals surface area contributed by atoms with Crippen LogP contribution in [-0.2, 0) is 4.74 Å². The van der Waals surface area contributed by atoms with Crippen LogP contribution in [0.25, 0.3) is 0 Å². The molecular weight excluding hydrogens is 218 g/mol. The molecule has 94 valence electrons. The average molecular weight is 237 g/mol. The van der Waals surface area contributed by atoms with Gasteiger partial charge in [-0.2, -0.15) is 5.10 Å². The highest BCUT2D eigenvalue weighted by molar-refractivity contribution is 5.69. The fraction of sp³-hybridized carbons (Fsp3) is 0.667. The Balaban J connectivity index is 2.07. The summed E-state index contributed by atoms with van der Waals surface area (Å²) < 4.78 is 5.41. The second kappa shape index (κ2) is 4.39. The Morgan fingerprint density at radius 3 is 2.94 bits per heavy atom. The number of H-pyrrole nitrogens is 1. The summed E-state index contributed by atoms with van der Waals surface area (Å²) >= 11 is 0. The molecule has 1 aromatic rings. The first-order valence-corrected chi connectivity index (χ1v) is 5.96. The average Bonchev–Trinajstić information content (AvgIpc) is 2.85. The van der Waals surface area contributed by atoms with Crippen molar-refractivity contribution in [3.63, 3.8) is 0 Å². The van der Waals surface area contributed by atoms with E-state index < -0.39 is 5.60 Å². The van der Waals surface area contributed by atoms with Gasteiger partial charge in [-0.25, -0.2) is 4.79 Å². The standard InChI is InChI=1S/C12H19N3O2/c1-12(2,3)17-11(16)15-6-4-5-10(15)9-7-13-14-8-9/h7-8,10H,4-6H2,1-3H3,(H,13,14). The number of nitrogens with zero attached hydrogens (tertiary/aromatic N) is 2. The Hall–Kier alpha value is -1.52. The molecule has 1 atom stereocenters. The molecule has 1 aromatic heterocycles. The van der Waals surface area contributed by atoms with Gasteiger partial charge in [0.15, 0.2) is 0 Å². The van der Waals surface area contributed by atoms with Gasteiger partial charge in [-0.3, -0.25) is 5.10 Å². The lowest BCUT2D eigenvalue weighted by Crippen LogP contribution is -2.36. The molecule has 5 heteroatoms. The minimum absolute atomic E-state index is 0.101. The van der Waals surface area contributed by atoms with E-state index in [0.29, 0.717) is 0 Å². The lowest BCUT2D eigenvalue weighted by molar-refractivity contribution is 0.0224. The Kier molecular flexibility index (Phi) is 3.09. The van der Waals surface area contributed by atoms with Crippen molar-refractivity contribution in [1.29, 1.82) is 0 Å². The van der Waals surface area contributed by atoms with Crippen molar-refractivity contribution in [2.24, 2.45) is 0 Å². The summed E-state index contributed by atoms with van der Waals surface area (Å²) in [5.74, 6) is 0. The van der Waals surface area contributed by atoms with Crippen LogP contribution in [0.2, 0.25) is 0 Å². The maximum Gasteiger partial charge on any atom is 0.410 e. The quantitative estimate of drug-likeness (QED) is 0.816. The van der Waals surface area contributed by atoms with Crippen molar-refractivity contribution < 1.29 is 9.53 Å². The highest BCUT2D eigenvalue weighted by atomic mass is 16.6. The molecular formula is C12H19N3O2. The maximum absolute atomic E-state index is 12.0. The molecule has 1 unspecified atom stereocenters. The monoisotopic (exact) mass is 237 g/mol. The highest BCUT2D eigenvalue weighted by Gasteiger charge is 2.33. The van der Waals surface area contributed by atoms with E-state index in [0.717, 1.165) is 24.9 Å². The molecule has 1 amide bonds. The van der Waals surface area contributed by atoms with E-state index >= 15 is 0 Å². The third-order valence-electron chi connectivity index (χ3n) is 2.78. The fourth-order valence-corrected chi connectivity index (χ4v) is 2.10. The molecule has 2 rings (SSSR count). The van der Waals surface area contributed by atoms with Gasteiger partial charge in [-0.1, -0.05) is 0 Å². The summed E-state index contributed by atoms with van der Waals surface area (Å²) in [4.78, 5) is 13.8. The fourth-order valence-electron chi connectivity index (χ4n) is 2.10. The topological polar surface area (TPSA) is 58.2 Å². The molecule has 1 N–H and O–H groups in total. The van der Waals surface area contributed by atoms with E-state index in [1.165, 1.54) is 0 Å². The third-order valence-corrected chi connectivity index (χ3v) is 2.78. The Labute approximate surface area is 101 Å². The molecule has 1 aliphatic rings. The first-order chi connectivity index (χ1) is 7.97. The Bertz CT molecular complexity index is 381. The first kappa shape index (κ1) is 12.0. The second-order valence-corrected chi connectivity index (χ2v) is 5.36. The van der Waals surface area contributed by atoms with Gasteiger partial charge in [0.2, 0.25) is 0 Å². The summed E-state index contributed by atoms with van der Waals surface area (Å²) in [6, 6.07) is 0.101. The van der Waals surface area contributed by atoms with Crippen LogP contribution in [0.4, 0.5) is 4.79 Å².